The van der Waals surface area contributed by atoms with Gasteiger partial charge >= 0.3 is 0 Å². The van der Waals surface area contributed by atoms with Gasteiger partial charge in [-0.25, -0.2) is 0 Å². The van der Waals surface area contributed by atoms with E-state index in [-0.39, 0.29) is 17.4 Å². The molecule has 3 rings (SSSR count). The molecule has 1 aromatic carbocycles. The van der Waals surface area contributed by atoms with Crippen LogP contribution in [0.2, 0.25) is 0 Å². The summed E-state index contributed by atoms with van der Waals surface area (Å²) in [6, 6.07) is 5.35. The van der Waals surface area contributed by atoms with Gasteiger partial charge in [-0.15, -0.1) is 0 Å². The normalized spacial score (nSPS) is 16.4. The second-order valence-electron chi connectivity index (χ2n) is 5.11. The van der Waals surface area contributed by atoms with Crippen LogP contribution in [0, 0.1) is 5.92 Å². The Labute approximate surface area is 115 Å². The maximum absolute atomic E-state index is 12.1. The number of hydrogen-bond donors (Lipinski definition) is 2. The van der Waals surface area contributed by atoms with Crippen molar-refractivity contribution in [3.05, 3.63) is 28.6 Å². The van der Waals surface area contributed by atoms with Crippen LogP contribution in [0.15, 0.2) is 23.0 Å². The van der Waals surface area contributed by atoms with Gasteiger partial charge in [-0.2, -0.15) is 0 Å². The molecule has 1 fully saturated rings. The van der Waals surface area contributed by atoms with E-state index < -0.39 is 0 Å². The molecule has 1 amide bonds. The molecule has 0 spiro atoms. The summed E-state index contributed by atoms with van der Waals surface area (Å²) < 4.78 is 6.92. The van der Waals surface area contributed by atoms with Crippen molar-refractivity contribution in [2.75, 3.05) is 18.5 Å². The highest BCUT2D eigenvalue weighted by atomic mass is 16.5. The Bertz CT molecular complexity index is 695. The number of hydrogen-bond acceptors (Lipinski definition) is 3. The minimum absolute atomic E-state index is 0.00000898. The average Bonchev–Trinajstić information content (AvgIpc) is 2.75. The van der Waals surface area contributed by atoms with Crippen LogP contribution in [0.3, 0.4) is 0 Å². The number of aromatic nitrogens is 2. The van der Waals surface area contributed by atoms with Crippen LogP contribution < -0.4 is 10.9 Å². The van der Waals surface area contributed by atoms with E-state index in [1.165, 1.54) is 0 Å². The summed E-state index contributed by atoms with van der Waals surface area (Å²) >= 11 is 0. The minimum atomic E-state index is -0.148. The Balaban J connectivity index is 1.82. The molecule has 0 radical (unpaired) electrons. The van der Waals surface area contributed by atoms with E-state index in [0.717, 1.165) is 18.4 Å². The molecule has 6 heteroatoms. The van der Waals surface area contributed by atoms with Gasteiger partial charge in [-0.05, 0) is 31.0 Å². The number of amides is 1. The summed E-state index contributed by atoms with van der Waals surface area (Å²) in [5.41, 5.74) is 1.33. The summed E-state index contributed by atoms with van der Waals surface area (Å²) in [6.45, 7) is 1.27. The first-order valence-electron chi connectivity index (χ1n) is 6.72. The molecule has 1 saturated heterocycles. The van der Waals surface area contributed by atoms with Gasteiger partial charge in [0.1, 0.15) is 0 Å². The number of anilines is 1. The zero-order valence-corrected chi connectivity index (χ0v) is 11.3. The zero-order chi connectivity index (χ0) is 14.1. The Hall–Kier alpha value is -2.08. The fourth-order valence-corrected chi connectivity index (χ4v) is 2.57. The number of nitrogens with one attached hydrogen (secondary N) is 2. The van der Waals surface area contributed by atoms with Crippen molar-refractivity contribution in [3.63, 3.8) is 0 Å². The number of aromatic amines is 1. The molecular weight excluding hydrogens is 258 g/mol. The third kappa shape index (κ3) is 2.34. The highest BCUT2D eigenvalue weighted by molar-refractivity contribution is 5.95. The van der Waals surface area contributed by atoms with Crippen LogP contribution in [-0.2, 0) is 16.6 Å². The molecule has 1 aliphatic rings. The summed E-state index contributed by atoms with van der Waals surface area (Å²) in [7, 11) is 1.78. The van der Waals surface area contributed by atoms with E-state index in [1.807, 2.05) is 12.1 Å². The third-order valence-electron chi connectivity index (χ3n) is 3.73. The van der Waals surface area contributed by atoms with Crippen LogP contribution in [0.25, 0.3) is 10.9 Å². The molecule has 1 aliphatic heterocycles. The molecule has 0 saturated carbocycles. The lowest BCUT2D eigenvalue weighted by molar-refractivity contribution is -0.122. The van der Waals surface area contributed by atoms with Crippen LogP contribution in [0.5, 0.6) is 0 Å². The quantitative estimate of drug-likeness (QED) is 0.865. The fraction of sp³-hybridized carbons (Fsp3) is 0.429. The van der Waals surface area contributed by atoms with E-state index in [4.69, 9.17) is 4.74 Å². The van der Waals surface area contributed by atoms with Crippen molar-refractivity contribution >= 4 is 22.5 Å². The molecule has 0 aliphatic carbocycles. The van der Waals surface area contributed by atoms with Crippen molar-refractivity contribution in [1.29, 1.82) is 0 Å². The average molecular weight is 275 g/mol. The molecule has 0 atom stereocenters. The van der Waals surface area contributed by atoms with Gasteiger partial charge in [0.25, 0.3) is 5.56 Å². The second-order valence-corrected chi connectivity index (χ2v) is 5.11. The van der Waals surface area contributed by atoms with Crippen molar-refractivity contribution in [1.82, 2.24) is 9.78 Å². The number of benzene rings is 1. The van der Waals surface area contributed by atoms with Gasteiger partial charge < -0.3 is 10.1 Å². The highest BCUT2D eigenvalue weighted by Gasteiger charge is 2.21. The maximum atomic E-state index is 12.1. The number of aryl methyl sites for hydroxylation is 1. The maximum Gasteiger partial charge on any atom is 0.272 e. The standard InChI is InChI=1S/C14H17N3O3/c1-17-12-3-2-10(8-11(12)14(19)16-17)15-13(18)9-4-6-20-7-5-9/h2-3,8-9H,4-7H2,1H3,(H,15,18)(H,16,19). The van der Waals surface area contributed by atoms with Crippen LogP contribution in [0.4, 0.5) is 5.69 Å². The number of rotatable bonds is 2. The molecule has 0 bridgehead atoms. The van der Waals surface area contributed by atoms with E-state index in [0.29, 0.717) is 24.3 Å². The zero-order valence-electron chi connectivity index (χ0n) is 11.3. The number of carbonyl (C=O) groups excluding carboxylic acids is 1. The molecule has 106 valence electrons. The fourth-order valence-electron chi connectivity index (χ4n) is 2.57. The molecule has 20 heavy (non-hydrogen) atoms. The number of ether oxygens (including phenoxy) is 1. The van der Waals surface area contributed by atoms with Crippen LogP contribution >= 0.6 is 0 Å². The van der Waals surface area contributed by atoms with Crippen LogP contribution in [-0.4, -0.2) is 28.9 Å². The van der Waals surface area contributed by atoms with Crippen molar-refractivity contribution in [2.24, 2.45) is 13.0 Å². The second kappa shape index (κ2) is 5.13. The third-order valence-corrected chi connectivity index (χ3v) is 3.73. The lowest BCUT2D eigenvalue weighted by atomic mass is 9.99. The van der Waals surface area contributed by atoms with Crippen LogP contribution in [0.1, 0.15) is 12.8 Å². The largest absolute Gasteiger partial charge is 0.381 e. The summed E-state index contributed by atoms with van der Waals surface area (Å²) in [6.07, 6.45) is 1.50. The van der Waals surface area contributed by atoms with E-state index in [9.17, 15) is 9.59 Å². The summed E-state index contributed by atoms with van der Waals surface area (Å²) in [5, 5.41) is 6.16. The molecule has 1 aromatic heterocycles. The molecule has 6 nitrogen and oxygen atoms in total. The van der Waals surface area contributed by atoms with Crippen molar-refractivity contribution in [2.45, 2.75) is 12.8 Å². The predicted octanol–water partition coefficient (Wildman–Crippen LogP) is 1.23. The summed E-state index contributed by atoms with van der Waals surface area (Å²) in [5.74, 6) is -0.00601. The van der Waals surface area contributed by atoms with Gasteiger partial charge in [0.2, 0.25) is 5.91 Å². The Kier molecular flexibility index (Phi) is 3.31. The molecule has 0 unspecified atom stereocenters. The Morgan fingerprint density at radius 3 is 2.90 bits per heavy atom. The summed E-state index contributed by atoms with van der Waals surface area (Å²) in [4.78, 5) is 23.9. The van der Waals surface area contributed by atoms with Gasteiger partial charge in [-0.1, -0.05) is 0 Å². The molecule has 2 aromatic rings. The Morgan fingerprint density at radius 1 is 1.40 bits per heavy atom. The number of nitrogens with zero attached hydrogens (tertiary/aromatic N) is 1. The van der Waals surface area contributed by atoms with Crippen molar-refractivity contribution < 1.29 is 9.53 Å². The van der Waals surface area contributed by atoms with Crippen molar-refractivity contribution in [3.8, 4) is 0 Å². The topological polar surface area (TPSA) is 76.1 Å². The van der Waals surface area contributed by atoms with E-state index in [2.05, 4.69) is 10.4 Å². The number of fused-ring (bicyclic) bond motifs is 1. The smallest absolute Gasteiger partial charge is 0.272 e. The predicted molar refractivity (Wildman–Crippen MR) is 75.7 cm³/mol. The lowest BCUT2D eigenvalue weighted by Crippen LogP contribution is -2.28. The molecule has 2 N–H and O–H groups in total. The molecular formula is C14H17N3O3. The highest BCUT2D eigenvalue weighted by Crippen LogP contribution is 2.19. The van der Waals surface area contributed by atoms with Gasteiger partial charge in [0, 0.05) is 31.9 Å². The molecule has 2 heterocycles. The minimum Gasteiger partial charge on any atom is -0.381 e. The van der Waals surface area contributed by atoms with Gasteiger partial charge in [0.15, 0.2) is 0 Å². The Morgan fingerprint density at radius 2 is 2.15 bits per heavy atom. The lowest BCUT2D eigenvalue weighted by Gasteiger charge is -2.21. The van der Waals surface area contributed by atoms with E-state index >= 15 is 0 Å². The number of carbonyl (C=O) groups is 1. The first-order chi connectivity index (χ1) is 9.65. The van der Waals surface area contributed by atoms with Gasteiger partial charge in [-0.3, -0.25) is 19.4 Å². The monoisotopic (exact) mass is 275 g/mol. The first kappa shape index (κ1) is 12.9. The SMILES string of the molecule is Cn1[nH]c(=O)c2cc(NC(=O)C3CCOCC3)ccc21. The first-order valence-corrected chi connectivity index (χ1v) is 6.72. The van der Waals surface area contributed by atoms with Gasteiger partial charge in [0.05, 0.1) is 10.9 Å². The van der Waals surface area contributed by atoms with E-state index in [1.54, 1.807) is 17.8 Å². The number of H-pyrrole nitrogens is 1.